The molecule has 4 nitrogen and oxygen atoms in total. The molecule has 0 saturated carbocycles. The SMILES string of the molecule is CCCCNC(=O)c1cccc(NC(=O)C(C)c2ccc(CC(C)C)cc2)c1. The Morgan fingerprint density at radius 2 is 1.71 bits per heavy atom. The average molecular weight is 381 g/mol. The molecule has 0 saturated heterocycles. The third kappa shape index (κ3) is 6.52. The molecule has 0 aliphatic carbocycles. The molecule has 1 atom stereocenters. The van der Waals surface area contributed by atoms with Crippen LogP contribution in [0.1, 0.15) is 67.9 Å². The Balaban J connectivity index is 1.99. The summed E-state index contributed by atoms with van der Waals surface area (Å²) >= 11 is 0. The molecule has 2 amide bonds. The van der Waals surface area contributed by atoms with E-state index in [0.717, 1.165) is 24.8 Å². The van der Waals surface area contributed by atoms with Crippen LogP contribution in [0, 0.1) is 5.92 Å². The number of amides is 2. The minimum atomic E-state index is -0.268. The highest BCUT2D eigenvalue weighted by Crippen LogP contribution is 2.20. The van der Waals surface area contributed by atoms with Crippen LogP contribution in [0.3, 0.4) is 0 Å². The zero-order valence-electron chi connectivity index (χ0n) is 17.4. The largest absolute Gasteiger partial charge is 0.352 e. The van der Waals surface area contributed by atoms with E-state index in [1.54, 1.807) is 24.3 Å². The van der Waals surface area contributed by atoms with Crippen LogP contribution in [0.15, 0.2) is 48.5 Å². The molecule has 0 aliphatic rings. The van der Waals surface area contributed by atoms with Gasteiger partial charge in [-0.2, -0.15) is 0 Å². The van der Waals surface area contributed by atoms with Crippen molar-refractivity contribution in [1.82, 2.24) is 5.32 Å². The van der Waals surface area contributed by atoms with Crippen molar-refractivity contribution in [1.29, 1.82) is 0 Å². The first-order valence-electron chi connectivity index (χ1n) is 10.2. The highest BCUT2D eigenvalue weighted by Gasteiger charge is 2.16. The maximum atomic E-state index is 12.7. The Labute approximate surface area is 168 Å². The molecule has 2 N–H and O–H groups in total. The predicted octanol–water partition coefficient (Wildman–Crippen LogP) is 5.16. The Kier molecular flexibility index (Phi) is 8.24. The van der Waals surface area contributed by atoms with E-state index in [4.69, 9.17) is 0 Å². The van der Waals surface area contributed by atoms with Gasteiger partial charge in [0.2, 0.25) is 5.91 Å². The smallest absolute Gasteiger partial charge is 0.251 e. The van der Waals surface area contributed by atoms with Crippen molar-refractivity contribution < 1.29 is 9.59 Å². The molecule has 0 heterocycles. The van der Waals surface area contributed by atoms with Crippen molar-refractivity contribution in [2.24, 2.45) is 5.92 Å². The van der Waals surface area contributed by atoms with Gasteiger partial charge in [0.1, 0.15) is 0 Å². The van der Waals surface area contributed by atoms with Gasteiger partial charge in [-0.3, -0.25) is 9.59 Å². The van der Waals surface area contributed by atoms with Crippen LogP contribution in [0.2, 0.25) is 0 Å². The fraction of sp³-hybridized carbons (Fsp3) is 0.417. The molecule has 0 fully saturated rings. The van der Waals surface area contributed by atoms with Crippen LogP contribution in [-0.2, 0) is 11.2 Å². The predicted molar refractivity (Wildman–Crippen MR) is 116 cm³/mol. The zero-order valence-corrected chi connectivity index (χ0v) is 17.4. The number of carbonyl (C=O) groups excluding carboxylic acids is 2. The molecule has 2 rings (SSSR count). The van der Waals surface area contributed by atoms with Gasteiger partial charge in [-0.25, -0.2) is 0 Å². The van der Waals surface area contributed by atoms with Crippen LogP contribution in [-0.4, -0.2) is 18.4 Å². The van der Waals surface area contributed by atoms with E-state index in [1.165, 1.54) is 5.56 Å². The summed E-state index contributed by atoms with van der Waals surface area (Å²) in [5, 5.41) is 5.83. The first kappa shape index (κ1) is 21.7. The van der Waals surface area contributed by atoms with Gasteiger partial charge in [0, 0.05) is 17.8 Å². The van der Waals surface area contributed by atoms with Gasteiger partial charge in [0.05, 0.1) is 5.92 Å². The first-order chi connectivity index (χ1) is 13.4. The van der Waals surface area contributed by atoms with Gasteiger partial charge < -0.3 is 10.6 Å². The van der Waals surface area contributed by atoms with E-state index in [0.29, 0.717) is 23.7 Å². The molecule has 2 aromatic carbocycles. The molecule has 150 valence electrons. The summed E-state index contributed by atoms with van der Waals surface area (Å²) in [4.78, 5) is 24.9. The fourth-order valence-corrected chi connectivity index (χ4v) is 3.03. The van der Waals surface area contributed by atoms with Crippen molar-refractivity contribution in [3.63, 3.8) is 0 Å². The lowest BCUT2D eigenvalue weighted by molar-refractivity contribution is -0.117. The molecule has 0 spiro atoms. The lowest BCUT2D eigenvalue weighted by atomic mass is 9.96. The van der Waals surface area contributed by atoms with Gasteiger partial charge >= 0.3 is 0 Å². The van der Waals surface area contributed by atoms with Crippen molar-refractivity contribution in [2.75, 3.05) is 11.9 Å². The maximum Gasteiger partial charge on any atom is 0.251 e. The Bertz CT molecular complexity index is 781. The van der Waals surface area contributed by atoms with E-state index < -0.39 is 0 Å². The number of nitrogens with one attached hydrogen (secondary N) is 2. The van der Waals surface area contributed by atoms with Crippen LogP contribution < -0.4 is 10.6 Å². The first-order valence-corrected chi connectivity index (χ1v) is 10.2. The van der Waals surface area contributed by atoms with Crippen molar-refractivity contribution in [3.8, 4) is 0 Å². The quantitative estimate of drug-likeness (QED) is 0.591. The third-order valence-electron chi connectivity index (χ3n) is 4.73. The molecule has 0 aromatic heterocycles. The highest BCUT2D eigenvalue weighted by molar-refractivity contribution is 5.98. The van der Waals surface area contributed by atoms with Gasteiger partial charge in [0.25, 0.3) is 5.91 Å². The lowest BCUT2D eigenvalue weighted by Gasteiger charge is -2.14. The van der Waals surface area contributed by atoms with Crippen molar-refractivity contribution in [3.05, 3.63) is 65.2 Å². The second kappa shape index (κ2) is 10.6. The Hall–Kier alpha value is -2.62. The normalized spacial score (nSPS) is 11.9. The molecule has 1 unspecified atom stereocenters. The van der Waals surface area contributed by atoms with Crippen molar-refractivity contribution in [2.45, 2.75) is 52.9 Å². The zero-order chi connectivity index (χ0) is 20.5. The summed E-state index contributed by atoms with van der Waals surface area (Å²) in [6.45, 7) is 9.04. The van der Waals surface area contributed by atoms with E-state index in [1.807, 2.05) is 19.1 Å². The van der Waals surface area contributed by atoms with Crippen LogP contribution in [0.5, 0.6) is 0 Å². The molecular formula is C24H32N2O2. The molecule has 28 heavy (non-hydrogen) atoms. The van der Waals surface area contributed by atoms with Crippen LogP contribution >= 0.6 is 0 Å². The summed E-state index contributed by atoms with van der Waals surface area (Å²) in [5.41, 5.74) is 3.46. The molecule has 0 aliphatic heterocycles. The summed E-state index contributed by atoms with van der Waals surface area (Å²) in [7, 11) is 0. The second-order valence-corrected chi connectivity index (χ2v) is 7.74. The number of rotatable bonds is 9. The maximum absolute atomic E-state index is 12.7. The van der Waals surface area contributed by atoms with E-state index in [9.17, 15) is 9.59 Å². The summed E-state index contributed by atoms with van der Waals surface area (Å²) in [5.74, 6) is 0.145. The number of anilines is 1. The molecule has 4 heteroatoms. The summed E-state index contributed by atoms with van der Waals surface area (Å²) in [6, 6.07) is 15.3. The van der Waals surface area contributed by atoms with Gasteiger partial charge in [0.15, 0.2) is 0 Å². The highest BCUT2D eigenvalue weighted by atomic mass is 16.2. The van der Waals surface area contributed by atoms with E-state index in [-0.39, 0.29) is 17.7 Å². The minimum absolute atomic E-state index is 0.0832. The summed E-state index contributed by atoms with van der Waals surface area (Å²) in [6.07, 6.45) is 3.02. The molecule has 0 bridgehead atoms. The number of hydrogen-bond donors (Lipinski definition) is 2. The Morgan fingerprint density at radius 1 is 1.00 bits per heavy atom. The molecule has 0 radical (unpaired) electrons. The minimum Gasteiger partial charge on any atom is -0.352 e. The lowest BCUT2D eigenvalue weighted by Crippen LogP contribution is -2.24. The van der Waals surface area contributed by atoms with Gasteiger partial charge in [-0.1, -0.05) is 57.5 Å². The summed E-state index contributed by atoms with van der Waals surface area (Å²) < 4.78 is 0. The van der Waals surface area contributed by atoms with Crippen molar-refractivity contribution >= 4 is 17.5 Å². The average Bonchev–Trinajstić information content (AvgIpc) is 2.68. The third-order valence-corrected chi connectivity index (χ3v) is 4.73. The standard InChI is InChI=1S/C24H32N2O2/c1-5-6-14-25-24(28)21-8-7-9-22(16-21)26-23(27)18(4)20-12-10-19(11-13-20)15-17(2)3/h7-13,16-18H,5-6,14-15H2,1-4H3,(H,25,28)(H,26,27). The monoisotopic (exact) mass is 380 g/mol. The van der Waals surface area contributed by atoms with Gasteiger partial charge in [-0.05, 0) is 55.0 Å². The Morgan fingerprint density at radius 3 is 2.36 bits per heavy atom. The van der Waals surface area contributed by atoms with E-state index >= 15 is 0 Å². The van der Waals surface area contributed by atoms with Crippen LogP contribution in [0.4, 0.5) is 5.69 Å². The topological polar surface area (TPSA) is 58.2 Å². The number of benzene rings is 2. The second-order valence-electron chi connectivity index (χ2n) is 7.74. The number of hydrogen-bond acceptors (Lipinski definition) is 2. The fourth-order valence-electron chi connectivity index (χ4n) is 3.03. The number of carbonyl (C=O) groups is 2. The van der Waals surface area contributed by atoms with Crippen LogP contribution in [0.25, 0.3) is 0 Å². The molecular weight excluding hydrogens is 348 g/mol. The molecule has 2 aromatic rings. The van der Waals surface area contributed by atoms with E-state index in [2.05, 4.69) is 43.5 Å². The van der Waals surface area contributed by atoms with Gasteiger partial charge in [-0.15, -0.1) is 0 Å². The number of unbranched alkanes of at least 4 members (excludes halogenated alkanes) is 1.